The van der Waals surface area contributed by atoms with Gasteiger partial charge in [0.2, 0.25) is 0 Å². The van der Waals surface area contributed by atoms with E-state index in [4.69, 9.17) is 15.2 Å². The largest absolute Gasteiger partial charge is 0.497 e. The second-order valence-corrected chi connectivity index (χ2v) is 5.82. The van der Waals surface area contributed by atoms with Crippen molar-refractivity contribution in [3.8, 4) is 5.75 Å². The first-order valence-corrected chi connectivity index (χ1v) is 7.09. The van der Waals surface area contributed by atoms with Gasteiger partial charge in [-0.1, -0.05) is 15.9 Å². The first-order chi connectivity index (χ1) is 8.60. The maximum atomic E-state index is 6.29. The van der Waals surface area contributed by atoms with E-state index in [9.17, 15) is 0 Å². The zero-order valence-electron chi connectivity index (χ0n) is 10.9. The van der Waals surface area contributed by atoms with Crippen LogP contribution in [0.3, 0.4) is 0 Å². The van der Waals surface area contributed by atoms with Gasteiger partial charge in [0, 0.05) is 16.4 Å². The van der Waals surface area contributed by atoms with Crippen LogP contribution in [-0.4, -0.2) is 25.9 Å². The lowest BCUT2D eigenvalue weighted by Crippen LogP contribution is -2.32. The Bertz CT molecular complexity index is 411. The van der Waals surface area contributed by atoms with Crippen LogP contribution in [0, 0.1) is 5.92 Å². The van der Waals surface area contributed by atoms with E-state index in [0.29, 0.717) is 12.0 Å². The molecule has 1 aromatic carbocycles. The Labute approximate surface area is 117 Å². The Kier molecular flexibility index (Phi) is 4.65. The molecule has 0 amide bonds. The predicted octanol–water partition coefficient (Wildman–Crippen LogP) is 2.75. The molecule has 18 heavy (non-hydrogen) atoms. The van der Waals surface area contributed by atoms with Crippen molar-refractivity contribution in [3.05, 3.63) is 28.2 Å². The summed E-state index contributed by atoms with van der Waals surface area (Å²) in [6.07, 6.45) is 2.25. The van der Waals surface area contributed by atoms with E-state index >= 15 is 0 Å². The molecule has 2 N–H and O–H groups in total. The van der Waals surface area contributed by atoms with Gasteiger partial charge in [0.05, 0.1) is 19.8 Å². The summed E-state index contributed by atoms with van der Waals surface area (Å²) >= 11 is 3.57. The van der Waals surface area contributed by atoms with E-state index in [1.807, 2.05) is 18.2 Å². The zero-order valence-corrected chi connectivity index (χ0v) is 12.4. The van der Waals surface area contributed by atoms with Crippen molar-refractivity contribution in [1.82, 2.24) is 0 Å². The second kappa shape index (κ2) is 6.04. The summed E-state index contributed by atoms with van der Waals surface area (Å²) in [6.45, 7) is 2.89. The quantitative estimate of drug-likeness (QED) is 0.929. The minimum absolute atomic E-state index is 0.137. The summed E-state index contributed by atoms with van der Waals surface area (Å²) in [6, 6.07) is 6.14. The van der Waals surface area contributed by atoms with Crippen LogP contribution < -0.4 is 10.5 Å². The summed E-state index contributed by atoms with van der Waals surface area (Å²) in [5.74, 6) is 1.33. The molecule has 1 heterocycles. The minimum atomic E-state index is 0.137. The van der Waals surface area contributed by atoms with Gasteiger partial charge in [-0.15, -0.1) is 0 Å². The van der Waals surface area contributed by atoms with E-state index in [-0.39, 0.29) is 6.04 Å². The summed E-state index contributed by atoms with van der Waals surface area (Å²) in [7, 11) is 1.68. The highest BCUT2D eigenvalue weighted by Gasteiger charge is 2.27. The molecule has 3 unspecified atom stereocenters. The van der Waals surface area contributed by atoms with Crippen molar-refractivity contribution in [2.45, 2.75) is 31.9 Å². The Morgan fingerprint density at radius 3 is 2.94 bits per heavy atom. The van der Waals surface area contributed by atoms with E-state index < -0.39 is 0 Å². The topological polar surface area (TPSA) is 44.5 Å². The van der Waals surface area contributed by atoms with Gasteiger partial charge in [0.25, 0.3) is 0 Å². The normalized spacial score (nSPS) is 25.1. The van der Waals surface area contributed by atoms with Gasteiger partial charge in [-0.2, -0.15) is 0 Å². The van der Waals surface area contributed by atoms with Crippen molar-refractivity contribution < 1.29 is 9.47 Å². The molecule has 3 nitrogen and oxygen atoms in total. The van der Waals surface area contributed by atoms with Gasteiger partial charge in [0.15, 0.2) is 0 Å². The lowest BCUT2D eigenvalue weighted by Gasteiger charge is -2.18. The van der Waals surface area contributed by atoms with Gasteiger partial charge in [-0.05, 0) is 43.5 Å². The van der Waals surface area contributed by atoms with Crippen molar-refractivity contribution >= 4 is 15.9 Å². The van der Waals surface area contributed by atoms with Crippen LogP contribution in [0.4, 0.5) is 0 Å². The number of hydrogen-bond acceptors (Lipinski definition) is 3. The van der Waals surface area contributed by atoms with Crippen molar-refractivity contribution in [2.75, 3.05) is 13.7 Å². The van der Waals surface area contributed by atoms with E-state index in [0.717, 1.165) is 29.7 Å². The molecular weight excluding hydrogens is 294 g/mol. The van der Waals surface area contributed by atoms with Crippen LogP contribution in [0.25, 0.3) is 0 Å². The zero-order chi connectivity index (χ0) is 13.1. The molecule has 100 valence electrons. The van der Waals surface area contributed by atoms with Crippen molar-refractivity contribution in [2.24, 2.45) is 11.7 Å². The van der Waals surface area contributed by atoms with E-state index in [1.54, 1.807) is 7.11 Å². The maximum Gasteiger partial charge on any atom is 0.119 e. The van der Waals surface area contributed by atoms with Gasteiger partial charge in [-0.25, -0.2) is 0 Å². The third-order valence-electron chi connectivity index (χ3n) is 3.54. The molecule has 0 bridgehead atoms. The molecule has 2 rings (SSSR count). The van der Waals surface area contributed by atoms with Crippen molar-refractivity contribution in [1.29, 1.82) is 0 Å². The average Bonchev–Trinajstić information content (AvgIpc) is 2.79. The average molecular weight is 314 g/mol. The number of hydrogen-bond donors (Lipinski definition) is 1. The number of methoxy groups -OCH3 is 1. The Morgan fingerprint density at radius 1 is 1.56 bits per heavy atom. The molecule has 1 aromatic rings. The number of nitrogens with two attached hydrogens (primary N) is 1. The Balaban J connectivity index is 2.04. The highest BCUT2D eigenvalue weighted by molar-refractivity contribution is 9.10. The highest BCUT2D eigenvalue weighted by atomic mass is 79.9. The Hall–Kier alpha value is -0.580. The molecule has 1 fully saturated rings. The lowest BCUT2D eigenvalue weighted by atomic mass is 9.92. The molecule has 0 aromatic heterocycles. The minimum Gasteiger partial charge on any atom is -0.497 e. The predicted molar refractivity (Wildman–Crippen MR) is 75.9 cm³/mol. The SMILES string of the molecule is COc1ccc(Br)c(CC(N)C2COC(C)C2)c1. The third kappa shape index (κ3) is 3.25. The van der Waals surface area contributed by atoms with Gasteiger partial charge < -0.3 is 15.2 Å². The summed E-state index contributed by atoms with van der Waals surface area (Å²) < 4.78 is 11.9. The van der Waals surface area contributed by atoms with Gasteiger partial charge in [0.1, 0.15) is 5.75 Å². The molecule has 0 spiro atoms. The third-order valence-corrected chi connectivity index (χ3v) is 4.32. The number of ether oxygens (including phenoxy) is 2. The molecule has 1 aliphatic rings. The van der Waals surface area contributed by atoms with Crippen LogP contribution in [0.5, 0.6) is 5.75 Å². The molecule has 0 radical (unpaired) electrons. The first-order valence-electron chi connectivity index (χ1n) is 6.29. The number of benzene rings is 1. The fourth-order valence-corrected chi connectivity index (χ4v) is 2.81. The number of rotatable bonds is 4. The second-order valence-electron chi connectivity index (χ2n) is 4.97. The van der Waals surface area contributed by atoms with Crippen LogP contribution in [0.1, 0.15) is 18.9 Å². The van der Waals surface area contributed by atoms with Crippen LogP contribution in [0.15, 0.2) is 22.7 Å². The highest BCUT2D eigenvalue weighted by Crippen LogP contribution is 2.27. The van der Waals surface area contributed by atoms with Gasteiger partial charge >= 0.3 is 0 Å². The first kappa shape index (κ1) is 13.8. The van der Waals surface area contributed by atoms with Gasteiger partial charge in [-0.3, -0.25) is 0 Å². The van der Waals surface area contributed by atoms with E-state index in [2.05, 4.69) is 22.9 Å². The molecule has 4 heteroatoms. The molecular formula is C14H20BrNO2. The lowest BCUT2D eigenvalue weighted by molar-refractivity contribution is 0.118. The van der Waals surface area contributed by atoms with E-state index in [1.165, 1.54) is 5.56 Å². The number of halogens is 1. The Morgan fingerprint density at radius 2 is 2.33 bits per heavy atom. The van der Waals surface area contributed by atoms with Crippen LogP contribution in [-0.2, 0) is 11.2 Å². The molecule has 0 saturated carbocycles. The van der Waals surface area contributed by atoms with Crippen LogP contribution >= 0.6 is 15.9 Å². The fraction of sp³-hybridized carbons (Fsp3) is 0.571. The standard InChI is InChI=1S/C14H20BrNO2/c1-9-5-11(8-18-9)14(16)7-10-6-12(17-2)3-4-13(10)15/h3-4,6,9,11,14H,5,7-8,16H2,1-2H3. The summed E-state index contributed by atoms with van der Waals surface area (Å²) in [5, 5.41) is 0. The molecule has 0 aliphatic carbocycles. The summed E-state index contributed by atoms with van der Waals surface area (Å²) in [5.41, 5.74) is 7.49. The molecule has 1 aliphatic heterocycles. The maximum absolute atomic E-state index is 6.29. The fourth-order valence-electron chi connectivity index (χ4n) is 2.40. The van der Waals surface area contributed by atoms with Crippen molar-refractivity contribution in [3.63, 3.8) is 0 Å². The van der Waals surface area contributed by atoms with Crippen LogP contribution in [0.2, 0.25) is 0 Å². The smallest absolute Gasteiger partial charge is 0.119 e. The molecule has 1 saturated heterocycles. The monoisotopic (exact) mass is 313 g/mol. The molecule has 3 atom stereocenters. The summed E-state index contributed by atoms with van der Waals surface area (Å²) in [4.78, 5) is 0.